The molecular weight excluding hydrogens is 282 g/mol. The lowest BCUT2D eigenvalue weighted by molar-refractivity contribution is 0.582. The molecule has 0 aliphatic rings. The Morgan fingerprint density at radius 3 is 2.74 bits per heavy atom. The van der Waals surface area contributed by atoms with Crippen molar-refractivity contribution in [2.75, 3.05) is 12.4 Å². The molecule has 0 saturated carbocycles. The molecule has 0 bridgehead atoms. The Morgan fingerprint density at radius 2 is 2.11 bits per heavy atom. The summed E-state index contributed by atoms with van der Waals surface area (Å²) in [5.74, 6) is 0.345. The number of pyridine rings is 1. The molecule has 0 saturated heterocycles. The van der Waals surface area contributed by atoms with Crippen molar-refractivity contribution >= 4 is 27.2 Å². The van der Waals surface area contributed by atoms with Gasteiger partial charge in [0.15, 0.2) is 0 Å². The highest BCUT2D eigenvalue weighted by molar-refractivity contribution is 7.89. The van der Waals surface area contributed by atoms with Gasteiger partial charge in [0.05, 0.1) is 0 Å². The summed E-state index contributed by atoms with van der Waals surface area (Å²) in [6, 6.07) is 7.02. The Kier molecular flexibility index (Phi) is 4.18. The van der Waals surface area contributed by atoms with Gasteiger partial charge in [-0.25, -0.2) is 18.1 Å². The van der Waals surface area contributed by atoms with Crippen molar-refractivity contribution in [3.63, 3.8) is 0 Å². The smallest absolute Gasteiger partial charge is 0.244 e. The lowest BCUT2D eigenvalue weighted by Crippen LogP contribution is -2.24. The first-order valence-electron chi connectivity index (χ1n) is 5.70. The van der Waals surface area contributed by atoms with Crippen LogP contribution < -0.4 is 10.0 Å². The number of aryl methyl sites for hydroxylation is 1. The molecule has 2 aromatic rings. The Hall–Kier alpha value is -1.44. The summed E-state index contributed by atoms with van der Waals surface area (Å²) >= 11 is 1.58. The van der Waals surface area contributed by atoms with Crippen molar-refractivity contribution in [2.45, 2.75) is 18.4 Å². The van der Waals surface area contributed by atoms with Gasteiger partial charge >= 0.3 is 0 Å². The maximum atomic E-state index is 12.2. The third kappa shape index (κ3) is 3.31. The second kappa shape index (κ2) is 5.68. The standard InChI is InChI=1S/C12H15N3O2S2/c1-9-5-6-10(18-9)8-15-19(16,17)11-4-3-7-14-12(11)13-2/h3-7,15H,8H2,1-2H3,(H,13,14). The van der Waals surface area contributed by atoms with E-state index in [1.54, 1.807) is 30.6 Å². The molecule has 7 heteroatoms. The molecule has 0 aromatic carbocycles. The molecule has 0 fully saturated rings. The first kappa shape index (κ1) is 14.0. The number of hydrogen-bond donors (Lipinski definition) is 2. The van der Waals surface area contributed by atoms with Crippen LogP contribution in [0, 0.1) is 6.92 Å². The third-order valence-electron chi connectivity index (χ3n) is 2.53. The predicted octanol–water partition coefficient (Wildman–Crippen LogP) is 1.97. The van der Waals surface area contributed by atoms with Crippen LogP contribution in [-0.2, 0) is 16.6 Å². The molecule has 5 nitrogen and oxygen atoms in total. The van der Waals surface area contributed by atoms with Gasteiger partial charge in [-0.2, -0.15) is 0 Å². The van der Waals surface area contributed by atoms with Crippen molar-refractivity contribution in [1.82, 2.24) is 9.71 Å². The van der Waals surface area contributed by atoms with Gasteiger partial charge in [-0.1, -0.05) is 0 Å². The van der Waals surface area contributed by atoms with E-state index >= 15 is 0 Å². The molecule has 0 unspecified atom stereocenters. The van der Waals surface area contributed by atoms with Gasteiger partial charge in [0.2, 0.25) is 10.0 Å². The zero-order valence-corrected chi connectivity index (χ0v) is 12.3. The van der Waals surface area contributed by atoms with Crippen LogP contribution in [0.4, 0.5) is 5.82 Å². The zero-order chi connectivity index (χ0) is 13.9. The van der Waals surface area contributed by atoms with Crippen LogP contribution in [0.2, 0.25) is 0 Å². The summed E-state index contributed by atoms with van der Waals surface area (Å²) in [6.45, 7) is 2.28. The summed E-state index contributed by atoms with van der Waals surface area (Å²) in [7, 11) is -1.92. The fourth-order valence-corrected chi connectivity index (χ4v) is 3.71. The highest BCUT2D eigenvalue weighted by Gasteiger charge is 2.18. The second-order valence-corrected chi connectivity index (χ2v) is 7.04. The van der Waals surface area contributed by atoms with Crippen molar-refractivity contribution in [3.05, 3.63) is 40.2 Å². The predicted molar refractivity (Wildman–Crippen MR) is 76.9 cm³/mol. The SMILES string of the molecule is CNc1ncccc1S(=O)(=O)NCc1ccc(C)s1. The van der Waals surface area contributed by atoms with Gasteiger partial charge in [-0.05, 0) is 31.2 Å². The lowest BCUT2D eigenvalue weighted by atomic mass is 10.4. The Bertz CT molecular complexity index is 665. The van der Waals surface area contributed by atoms with Crippen molar-refractivity contribution < 1.29 is 8.42 Å². The van der Waals surface area contributed by atoms with Gasteiger partial charge in [0.25, 0.3) is 0 Å². The quantitative estimate of drug-likeness (QED) is 0.885. The number of anilines is 1. The zero-order valence-electron chi connectivity index (χ0n) is 10.7. The van der Waals surface area contributed by atoms with Crippen LogP contribution in [0.15, 0.2) is 35.4 Å². The number of aromatic nitrogens is 1. The van der Waals surface area contributed by atoms with Gasteiger partial charge in [0.1, 0.15) is 10.7 Å². The molecular formula is C12H15N3O2S2. The molecule has 0 aliphatic carbocycles. The molecule has 2 N–H and O–H groups in total. The molecule has 0 atom stereocenters. The Balaban J connectivity index is 2.18. The topological polar surface area (TPSA) is 71.1 Å². The summed E-state index contributed by atoms with van der Waals surface area (Å²) < 4.78 is 27.0. The third-order valence-corrected chi connectivity index (χ3v) is 4.96. The minimum atomic E-state index is -3.56. The maximum Gasteiger partial charge on any atom is 0.244 e. The monoisotopic (exact) mass is 297 g/mol. The van der Waals surface area contributed by atoms with Gasteiger partial charge in [0, 0.05) is 29.5 Å². The van der Waals surface area contributed by atoms with Crippen LogP contribution >= 0.6 is 11.3 Å². The van der Waals surface area contributed by atoms with E-state index in [1.807, 2.05) is 19.1 Å². The normalized spacial score (nSPS) is 11.5. The van der Waals surface area contributed by atoms with Crippen LogP contribution in [0.5, 0.6) is 0 Å². The van der Waals surface area contributed by atoms with Crippen molar-refractivity contribution in [1.29, 1.82) is 0 Å². The molecule has 19 heavy (non-hydrogen) atoms. The largest absolute Gasteiger partial charge is 0.372 e. The van der Waals surface area contributed by atoms with Gasteiger partial charge in [-0.3, -0.25) is 0 Å². The summed E-state index contributed by atoms with van der Waals surface area (Å²) in [6.07, 6.45) is 1.55. The number of hydrogen-bond acceptors (Lipinski definition) is 5. The van der Waals surface area contributed by atoms with Crippen LogP contribution in [0.1, 0.15) is 9.75 Å². The minimum absolute atomic E-state index is 0.158. The molecule has 0 spiro atoms. The Labute approximate surface area is 116 Å². The number of nitrogens with one attached hydrogen (secondary N) is 2. The van der Waals surface area contributed by atoms with Gasteiger partial charge in [-0.15, -0.1) is 11.3 Å². The molecule has 0 radical (unpaired) electrons. The molecule has 2 heterocycles. The van der Waals surface area contributed by atoms with E-state index in [2.05, 4.69) is 15.0 Å². The average molecular weight is 297 g/mol. The van der Waals surface area contributed by atoms with E-state index in [0.717, 1.165) is 9.75 Å². The minimum Gasteiger partial charge on any atom is -0.372 e. The van der Waals surface area contributed by atoms with E-state index in [4.69, 9.17) is 0 Å². The molecule has 2 rings (SSSR count). The molecule has 2 aromatic heterocycles. The number of rotatable bonds is 5. The van der Waals surface area contributed by atoms with Crippen molar-refractivity contribution in [3.8, 4) is 0 Å². The fraction of sp³-hybridized carbons (Fsp3) is 0.250. The number of sulfonamides is 1. The number of nitrogens with zero attached hydrogens (tertiary/aromatic N) is 1. The fourth-order valence-electron chi connectivity index (χ4n) is 1.62. The number of thiophene rings is 1. The maximum absolute atomic E-state index is 12.2. The lowest BCUT2D eigenvalue weighted by Gasteiger charge is -2.09. The second-order valence-electron chi connectivity index (χ2n) is 3.94. The average Bonchev–Trinajstić information content (AvgIpc) is 2.82. The van der Waals surface area contributed by atoms with Crippen LogP contribution in [0.25, 0.3) is 0 Å². The first-order valence-corrected chi connectivity index (χ1v) is 8.00. The van der Waals surface area contributed by atoms with Crippen LogP contribution in [-0.4, -0.2) is 20.4 Å². The Morgan fingerprint density at radius 1 is 1.32 bits per heavy atom. The summed E-state index contributed by atoms with van der Waals surface area (Å²) in [4.78, 5) is 6.29. The van der Waals surface area contributed by atoms with Crippen molar-refractivity contribution in [2.24, 2.45) is 0 Å². The van der Waals surface area contributed by atoms with E-state index < -0.39 is 10.0 Å². The highest BCUT2D eigenvalue weighted by Crippen LogP contribution is 2.19. The molecule has 0 aliphatic heterocycles. The highest BCUT2D eigenvalue weighted by atomic mass is 32.2. The van der Waals surface area contributed by atoms with E-state index in [9.17, 15) is 8.42 Å². The van der Waals surface area contributed by atoms with E-state index in [-0.39, 0.29) is 4.90 Å². The first-order chi connectivity index (χ1) is 9.03. The molecule has 0 amide bonds. The molecule has 102 valence electrons. The summed E-state index contributed by atoms with van der Waals surface area (Å²) in [5, 5.41) is 2.78. The van der Waals surface area contributed by atoms with Gasteiger partial charge < -0.3 is 5.32 Å². The summed E-state index contributed by atoms with van der Waals surface area (Å²) in [5.41, 5.74) is 0. The van der Waals surface area contributed by atoms with E-state index in [1.165, 1.54) is 6.07 Å². The van der Waals surface area contributed by atoms with Crippen LogP contribution in [0.3, 0.4) is 0 Å². The van der Waals surface area contributed by atoms with E-state index in [0.29, 0.717) is 12.4 Å².